The van der Waals surface area contributed by atoms with Gasteiger partial charge in [-0.05, 0) is 55.0 Å². The Kier molecular flexibility index (Phi) is 4.64. The van der Waals surface area contributed by atoms with Crippen LogP contribution in [0.2, 0.25) is 0 Å². The topological polar surface area (TPSA) is 84.4 Å². The normalized spacial score (nSPS) is 13.3. The minimum Gasteiger partial charge on any atom is -0.497 e. The summed E-state index contributed by atoms with van der Waals surface area (Å²) >= 11 is 0. The minimum atomic E-state index is -3.21. The van der Waals surface area contributed by atoms with Crippen LogP contribution in [0.3, 0.4) is 0 Å². The molecule has 1 aliphatic rings. The summed E-state index contributed by atoms with van der Waals surface area (Å²) in [5.41, 5.74) is 2.83. The van der Waals surface area contributed by atoms with Crippen molar-refractivity contribution in [1.82, 2.24) is 9.97 Å². The average molecular weight is 396 g/mol. The van der Waals surface area contributed by atoms with Gasteiger partial charge in [0.15, 0.2) is 9.84 Å². The van der Waals surface area contributed by atoms with E-state index in [0.29, 0.717) is 10.8 Å². The van der Waals surface area contributed by atoms with Crippen LogP contribution in [0.25, 0.3) is 0 Å². The van der Waals surface area contributed by atoms with Gasteiger partial charge in [-0.2, -0.15) is 4.98 Å². The number of anilines is 4. The molecule has 0 amide bonds. The van der Waals surface area contributed by atoms with E-state index in [9.17, 15) is 8.42 Å². The lowest BCUT2D eigenvalue weighted by Gasteiger charge is -2.19. The lowest BCUT2D eigenvalue weighted by Crippen LogP contribution is -2.15. The number of hydrogen-bond acceptors (Lipinski definition) is 7. The van der Waals surface area contributed by atoms with Gasteiger partial charge in [-0.3, -0.25) is 0 Å². The summed E-state index contributed by atoms with van der Waals surface area (Å²) in [5.74, 6) is 2.12. The first-order valence-corrected chi connectivity index (χ1v) is 10.7. The number of rotatable bonds is 5. The lowest BCUT2D eigenvalue weighted by molar-refractivity contribution is 0.415. The van der Waals surface area contributed by atoms with Crippen molar-refractivity contribution in [2.24, 2.45) is 0 Å². The first kappa shape index (κ1) is 18.2. The molecule has 0 atom stereocenters. The van der Waals surface area contributed by atoms with E-state index in [4.69, 9.17) is 4.74 Å². The number of nitrogens with one attached hydrogen (secondary N) is 1. The lowest BCUT2D eigenvalue weighted by atomic mass is 10.3. The van der Waals surface area contributed by atoms with Gasteiger partial charge in [-0.25, -0.2) is 13.4 Å². The summed E-state index contributed by atoms with van der Waals surface area (Å²) < 4.78 is 28.5. The Balaban J connectivity index is 1.59. The van der Waals surface area contributed by atoms with Gasteiger partial charge in [0.1, 0.15) is 11.6 Å². The van der Waals surface area contributed by atoms with Crippen molar-refractivity contribution in [3.8, 4) is 5.75 Å². The molecule has 2 aromatic carbocycles. The van der Waals surface area contributed by atoms with E-state index >= 15 is 0 Å². The predicted octanol–water partition coefficient (Wildman–Crippen LogP) is 3.33. The third-order valence-electron chi connectivity index (χ3n) is 4.62. The quantitative estimate of drug-likeness (QED) is 0.708. The molecule has 8 heteroatoms. The van der Waals surface area contributed by atoms with E-state index < -0.39 is 9.84 Å². The molecule has 7 nitrogen and oxygen atoms in total. The van der Waals surface area contributed by atoms with E-state index in [1.54, 1.807) is 19.2 Å². The van der Waals surface area contributed by atoms with Gasteiger partial charge in [-0.1, -0.05) is 0 Å². The highest BCUT2D eigenvalue weighted by atomic mass is 32.2. The van der Waals surface area contributed by atoms with Crippen molar-refractivity contribution in [3.05, 3.63) is 60.3 Å². The smallest absolute Gasteiger partial charge is 0.229 e. The highest BCUT2D eigenvalue weighted by Crippen LogP contribution is 2.34. The number of aromatic nitrogens is 2. The standard InChI is InChI=1S/C20H20N4O3S/c1-27-17-7-3-15(4-8-17)22-20-21-13-14-11-12-24(19(14)23-20)16-5-9-18(10-6-16)28(2,25)26/h3-10,13H,11-12H2,1-2H3,(H,21,22,23). The third-order valence-corrected chi connectivity index (χ3v) is 5.75. The van der Waals surface area contributed by atoms with Crippen molar-refractivity contribution < 1.29 is 13.2 Å². The molecular weight excluding hydrogens is 376 g/mol. The third kappa shape index (κ3) is 3.63. The zero-order chi connectivity index (χ0) is 19.7. The van der Waals surface area contributed by atoms with E-state index in [2.05, 4.69) is 20.2 Å². The van der Waals surface area contributed by atoms with Crippen molar-refractivity contribution >= 4 is 33.0 Å². The second-order valence-electron chi connectivity index (χ2n) is 6.56. The summed E-state index contributed by atoms with van der Waals surface area (Å²) in [4.78, 5) is 11.5. The maximum atomic E-state index is 11.7. The summed E-state index contributed by atoms with van der Waals surface area (Å²) in [6, 6.07) is 14.4. The number of fused-ring (bicyclic) bond motifs is 1. The first-order chi connectivity index (χ1) is 13.4. The van der Waals surface area contributed by atoms with Gasteiger partial charge < -0.3 is 15.0 Å². The Morgan fingerprint density at radius 3 is 2.43 bits per heavy atom. The van der Waals surface area contributed by atoms with Crippen LogP contribution in [-0.2, 0) is 16.3 Å². The summed E-state index contributed by atoms with van der Waals surface area (Å²) in [6.45, 7) is 0.772. The molecule has 0 saturated carbocycles. The molecule has 28 heavy (non-hydrogen) atoms. The van der Waals surface area contributed by atoms with Gasteiger partial charge in [0.25, 0.3) is 0 Å². The monoisotopic (exact) mass is 396 g/mol. The molecular formula is C20H20N4O3S. The molecule has 0 spiro atoms. The summed E-state index contributed by atoms with van der Waals surface area (Å²) in [7, 11) is -1.59. The summed E-state index contributed by atoms with van der Waals surface area (Å²) in [6.07, 6.45) is 3.88. The Labute approximate surface area is 163 Å². The Hall–Kier alpha value is -3.13. The number of nitrogens with zero attached hydrogens (tertiary/aromatic N) is 3. The largest absolute Gasteiger partial charge is 0.497 e. The molecule has 1 aliphatic heterocycles. The van der Waals surface area contributed by atoms with Crippen LogP contribution < -0.4 is 15.0 Å². The van der Waals surface area contributed by atoms with Crippen LogP contribution >= 0.6 is 0 Å². The molecule has 1 aromatic heterocycles. The van der Waals surface area contributed by atoms with Crippen LogP contribution in [0, 0.1) is 0 Å². The zero-order valence-electron chi connectivity index (χ0n) is 15.6. The van der Waals surface area contributed by atoms with Gasteiger partial charge in [-0.15, -0.1) is 0 Å². The van der Waals surface area contributed by atoms with E-state index in [1.807, 2.05) is 42.6 Å². The van der Waals surface area contributed by atoms with Crippen LogP contribution in [-0.4, -0.2) is 38.3 Å². The molecule has 2 heterocycles. The first-order valence-electron chi connectivity index (χ1n) is 8.79. The molecule has 0 radical (unpaired) electrons. The molecule has 4 rings (SSSR count). The second-order valence-corrected chi connectivity index (χ2v) is 8.58. The van der Waals surface area contributed by atoms with Gasteiger partial charge in [0.05, 0.1) is 12.0 Å². The highest BCUT2D eigenvalue weighted by Gasteiger charge is 2.23. The van der Waals surface area contributed by atoms with Crippen LogP contribution in [0.1, 0.15) is 5.56 Å². The molecule has 0 fully saturated rings. The molecule has 144 valence electrons. The van der Waals surface area contributed by atoms with Gasteiger partial charge >= 0.3 is 0 Å². The average Bonchev–Trinajstić information content (AvgIpc) is 3.11. The maximum absolute atomic E-state index is 11.7. The second kappa shape index (κ2) is 7.12. The molecule has 0 aliphatic carbocycles. The van der Waals surface area contributed by atoms with E-state index in [0.717, 1.165) is 41.5 Å². The Bertz CT molecular complexity index is 1100. The van der Waals surface area contributed by atoms with Crippen LogP contribution in [0.5, 0.6) is 5.75 Å². The number of hydrogen-bond donors (Lipinski definition) is 1. The van der Waals surface area contributed by atoms with E-state index in [1.165, 1.54) is 6.26 Å². The number of benzene rings is 2. The Morgan fingerprint density at radius 2 is 1.79 bits per heavy atom. The van der Waals surface area contributed by atoms with Gasteiger partial charge in [0, 0.05) is 35.9 Å². The number of ether oxygens (including phenoxy) is 1. The van der Waals surface area contributed by atoms with Crippen molar-refractivity contribution in [1.29, 1.82) is 0 Å². The van der Waals surface area contributed by atoms with Crippen molar-refractivity contribution in [2.45, 2.75) is 11.3 Å². The Morgan fingerprint density at radius 1 is 1.07 bits per heavy atom. The van der Waals surface area contributed by atoms with Crippen LogP contribution in [0.15, 0.2) is 59.6 Å². The van der Waals surface area contributed by atoms with Gasteiger partial charge in [0.2, 0.25) is 5.95 Å². The minimum absolute atomic E-state index is 0.306. The number of methoxy groups -OCH3 is 1. The SMILES string of the molecule is COc1ccc(Nc2ncc3c(n2)N(c2ccc(S(C)(=O)=O)cc2)CC3)cc1. The fourth-order valence-corrected chi connectivity index (χ4v) is 3.76. The summed E-state index contributed by atoms with van der Waals surface area (Å²) in [5, 5.41) is 3.20. The molecule has 3 aromatic rings. The fourth-order valence-electron chi connectivity index (χ4n) is 3.13. The molecule has 0 saturated heterocycles. The number of sulfone groups is 1. The van der Waals surface area contributed by atoms with E-state index in [-0.39, 0.29) is 0 Å². The maximum Gasteiger partial charge on any atom is 0.229 e. The molecule has 0 unspecified atom stereocenters. The fraction of sp³-hybridized carbons (Fsp3) is 0.200. The van der Waals surface area contributed by atoms with Crippen molar-refractivity contribution in [2.75, 3.05) is 30.1 Å². The highest BCUT2D eigenvalue weighted by molar-refractivity contribution is 7.90. The predicted molar refractivity (Wildman–Crippen MR) is 109 cm³/mol. The molecule has 0 bridgehead atoms. The zero-order valence-corrected chi connectivity index (χ0v) is 16.4. The molecule has 1 N–H and O–H groups in total. The van der Waals surface area contributed by atoms with Crippen LogP contribution in [0.4, 0.5) is 23.1 Å². The van der Waals surface area contributed by atoms with Crippen molar-refractivity contribution in [3.63, 3.8) is 0 Å².